The third-order valence-electron chi connectivity index (χ3n) is 4.10. The molecular formula is C17H25NO3. The Morgan fingerprint density at radius 1 is 1.43 bits per heavy atom. The molecule has 116 valence electrons. The van der Waals surface area contributed by atoms with E-state index in [1.54, 1.807) is 0 Å². The lowest BCUT2D eigenvalue weighted by molar-refractivity contribution is -0.137. The van der Waals surface area contributed by atoms with Crippen LogP contribution in [0.4, 0.5) is 0 Å². The summed E-state index contributed by atoms with van der Waals surface area (Å²) < 4.78 is 5.71. The van der Waals surface area contributed by atoms with Gasteiger partial charge in [0, 0.05) is 24.9 Å². The van der Waals surface area contributed by atoms with Crippen molar-refractivity contribution in [2.75, 3.05) is 19.7 Å². The Balaban J connectivity index is 1.99. The summed E-state index contributed by atoms with van der Waals surface area (Å²) in [6.45, 7) is 6.92. The van der Waals surface area contributed by atoms with Crippen LogP contribution < -0.4 is 4.74 Å². The number of ether oxygens (including phenoxy) is 1. The quantitative estimate of drug-likeness (QED) is 0.838. The van der Waals surface area contributed by atoms with E-state index in [1.807, 2.05) is 12.1 Å². The van der Waals surface area contributed by atoms with Crippen molar-refractivity contribution >= 4 is 5.97 Å². The summed E-state index contributed by atoms with van der Waals surface area (Å²) in [5.74, 6) is 0.764. The van der Waals surface area contributed by atoms with Crippen LogP contribution >= 0.6 is 0 Å². The van der Waals surface area contributed by atoms with Crippen LogP contribution in [0.25, 0.3) is 0 Å². The predicted octanol–water partition coefficient (Wildman–Crippen LogP) is 3.13. The lowest BCUT2D eigenvalue weighted by atomic mass is 9.92. The molecule has 1 aromatic carbocycles. The normalized spacial score (nSPS) is 17.6. The van der Waals surface area contributed by atoms with Gasteiger partial charge in [0.25, 0.3) is 0 Å². The number of hydrogen-bond acceptors (Lipinski definition) is 3. The number of carbonyl (C=O) groups is 1. The molecule has 0 amide bonds. The molecule has 0 saturated heterocycles. The monoisotopic (exact) mass is 291 g/mol. The van der Waals surface area contributed by atoms with Crippen LogP contribution in [0.5, 0.6) is 5.75 Å². The standard InChI is InChI=1S/C17H25NO3/c1-13(2)18(10-5-8-17(19)20)12-14-9-11-21-16-7-4-3-6-15(14)16/h3-4,6-7,13-14H,5,8-12H2,1-2H3,(H,19,20). The molecule has 0 spiro atoms. The summed E-state index contributed by atoms with van der Waals surface area (Å²) >= 11 is 0. The first-order chi connectivity index (χ1) is 10.1. The van der Waals surface area contributed by atoms with E-state index in [2.05, 4.69) is 30.9 Å². The summed E-state index contributed by atoms with van der Waals surface area (Å²) in [5, 5.41) is 8.78. The van der Waals surface area contributed by atoms with Crippen molar-refractivity contribution in [2.45, 2.75) is 45.1 Å². The highest BCUT2D eigenvalue weighted by Gasteiger charge is 2.24. The molecule has 21 heavy (non-hydrogen) atoms. The number of carboxylic acids is 1. The average molecular weight is 291 g/mol. The minimum absolute atomic E-state index is 0.244. The van der Waals surface area contributed by atoms with E-state index in [0.29, 0.717) is 18.4 Å². The zero-order chi connectivity index (χ0) is 15.2. The number of hydrogen-bond donors (Lipinski definition) is 1. The van der Waals surface area contributed by atoms with Crippen molar-refractivity contribution < 1.29 is 14.6 Å². The first-order valence-electron chi connectivity index (χ1n) is 7.75. The summed E-state index contributed by atoms with van der Waals surface area (Å²) in [7, 11) is 0. The van der Waals surface area contributed by atoms with Crippen LogP contribution in [0, 0.1) is 0 Å². The fourth-order valence-electron chi connectivity index (χ4n) is 2.88. The third kappa shape index (κ3) is 4.46. The van der Waals surface area contributed by atoms with Gasteiger partial charge in [-0.3, -0.25) is 4.79 Å². The minimum atomic E-state index is -0.713. The average Bonchev–Trinajstić information content (AvgIpc) is 2.46. The van der Waals surface area contributed by atoms with Gasteiger partial charge in [0.1, 0.15) is 5.75 Å². The SMILES string of the molecule is CC(C)N(CCCC(=O)O)CC1CCOc2ccccc21. The molecule has 1 aromatic rings. The Labute approximate surface area is 126 Å². The van der Waals surface area contributed by atoms with Gasteiger partial charge in [-0.25, -0.2) is 0 Å². The smallest absolute Gasteiger partial charge is 0.303 e. The van der Waals surface area contributed by atoms with Crippen LogP contribution in [-0.4, -0.2) is 41.7 Å². The zero-order valence-corrected chi connectivity index (χ0v) is 12.9. The van der Waals surface area contributed by atoms with Crippen molar-refractivity contribution in [1.82, 2.24) is 4.90 Å². The number of para-hydroxylation sites is 1. The van der Waals surface area contributed by atoms with Gasteiger partial charge in [-0.2, -0.15) is 0 Å². The van der Waals surface area contributed by atoms with Crippen LogP contribution in [0.3, 0.4) is 0 Å². The van der Waals surface area contributed by atoms with Gasteiger partial charge in [-0.15, -0.1) is 0 Å². The number of fused-ring (bicyclic) bond motifs is 1. The minimum Gasteiger partial charge on any atom is -0.493 e. The lowest BCUT2D eigenvalue weighted by Crippen LogP contribution is -2.37. The molecule has 0 aromatic heterocycles. The van der Waals surface area contributed by atoms with Gasteiger partial charge in [-0.05, 0) is 44.9 Å². The summed E-state index contributed by atoms with van der Waals surface area (Å²) in [4.78, 5) is 13.1. The molecule has 2 rings (SSSR count). The molecule has 1 aliphatic rings. The first kappa shape index (κ1) is 15.8. The highest BCUT2D eigenvalue weighted by atomic mass is 16.5. The number of carboxylic acid groups (broad SMARTS) is 1. The second kappa shape index (κ2) is 7.46. The van der Waals surface area contributed by atoms with Gasteiger partial charge >= 0.3 is 5.97 Å². The maximum atomic E-state index is 10.7. The van der Waals surface area contributed by atoms with Crippen molar-refractivity contribution in [3.63, 3.8) is 0 Å². The number of benzene rings is 1. The van der Waals surface area contributed by atoms with Gasteiger partial charge in [-0.1, -0.05) is 18.2 Å². The van der Waals surface area contributed by atoms with Crippen molar-refractivity contribution in [2.24, 2.45) is 0 Å². The molecule has 0 radical (unpaired) electrons. The lowest BCUT2D eigenvalue weighted by Gasteiger charge is -2.33. The maximum Gasteiger partial charge on any atom is 0.303 e. The second-order valence-electron chi connectivity index (χ2n) is 5.96. The Kier molecular flexibility index (Phi) is 5.62. The van der Waals surface area contributed by atoms with E-state index in [9.17, 15) is 4.79 Å². The largest absolute Gasteiger partial charge is 0.493 e. The second-order valence-corrected chi connectivity index (χ2v) is 5.96. The number of nitrogens with zero attached hydrogens (tertiary/aromatic N) is 1. The van der Waals surface area contributed by atoms with Crippen LogP contribution in [0.2, 0.25) is 0 Å². The maximum absolute atomic E-state index is 10.7. The Bertz CT molecular complexity index is 473. The third-order valence-corrected chi connectivity index (χ3v) is 4.10. The molecular weight excluding hydrogens is 266 g/mol. The molecule has 0 aliphatic carbocycles. The molecule has 1 unspecified atom stereocenters. The highest BCUT2D eigenvalue weighted by molar-refractivity contribution is 5.66. The predicted molar refractivity (Wildman–Crippen MR) is 82.9 cm³/mol. The van der Waals surface area contributed by atoms with Gasteiger partial charge in [0.05, 0.1) is 6.61 Å². The van der Waals surface area contributed by atoms with E-state index in [4.69, 9.17) is 9.84 Å². The van der Waals surface area contributed by atoms with Crippen LogP contribution in [-0.2, 0) is 4.79 Å². The molecule has 1 atom stereocenters. The summed E-state index contributed by atoms with van der Waals surface area (Å²) in [5.41, 5.74) is 1.28. The van der Waals surface area contributed by atoms with Crippen molar-refractivity contribution in [1.29, 1.82) is 0 Å². The van der Waals surface area contributed by atoms with E-state index >= 15 is 0 Å². The first-order valence-corrected chi connectivity index (χ1v) is 7.75. The topological polar surface area (TPSA) is 49.8 Å². The van der Waals surface area contributed by atoms with Crippen LogP contribution in [0.15, 0.2) is 24.3 Å². The summed E-state index contributed by atoms with van der Waals surface area (Å²) in [6, 6.07) is 8.67. The molecule has 4 heteroatoms. The molecule has 4 nitrogen and oxygen atoms in total. The molecule has 1 heterocycles. The zero-order valence-electron chi connectivity index (χ0n) is 12.9. The van der Waals surface area contributed by atoms with E-state index in [-0.39, 0.29) is 6.42 Å². The van der Waals surface area contributed by atoms with E-state index in [1.165, 1.54) is 5.56 Å². The van der Waals surface area contributed by atoms with Crippen LogP contribution in [0.1, 0.15) is 44.6 Å². The van der Waals surface area contributed by atoms with Gasteiger partial charge in [0.2, 0.25) is 0 Å². The van der Waals surface area contributed by atoms with E-state index in [0.717, 1.165) is 31.9 Å². The fraction of sp³-hybridized carbons (Fsp3) is 0.588. The van der Waals surface area contributed by atoms with E-state index < -0.39 is 5.97 Å². The van der Waals surface area contributed by atoms with Crippen molar-refractivity contribution in [3.05, 3.63) is 29.8 Å². The molecule has 0 saturated carbocycles. The fourth-order valence-corrected chi connectivity index (χ4v) is 2.88. The molecule has 0 fully saturated rings. The van der Waals surface area contributed by atoms with Gasteiger partial charge < -0.3 is 14.7 Å². The Morgan fingerprint density at radius 2 is 2.19 bits per heavy atom. The number of rotatable bonds is 7. The molecule has 1 aliphatic heterocycles. The van der Waals surface area contributed by atoms with Gasteiger partial charge in [0.15, 0.2) is 0 Å². The van der Waals surface area contributed by atoms with Crippen molar-refractivity contribution in [3.8, 4) is 5.75 Å². The number of aliphatic carboxylic acids is 1. The Hall–Kier alpha value is -1.55. The summed E-state index contributed by atoms with van der Waals surface area (Å²) in [6.07, 6.45) is 1.98. The molecule has 0 bridgehead atoms. The highest BCUT2D eigenvalue weighted by Crippen LogP contribution is 2.34. The Morgan fingerprint density at radius 3 is 2.90 bits per heavy atom. The molecule has 1 N–H and O–H groups in total.